The number of hydrogen-bond acceptors (Lipinski definition) is 5. The number of fused-ring (bicyclic) bond motifs is 1. The summed E-state index contributed by atoms with van der Waals surface area (Å²) < 4.78 is 16.2. The fourth-order valence-corrected chi connectivity index (χ4v) is 2.90. The van der Waals surface area contributed by atoms with Crippen LogP contribution in [0.5, 0.6) is 17.2 Å². The third-order valence-electron chi connectivity index (χ3n) is 4.18. The van der Waals surface area contributed by atoms with Gasteiger partial charge in [0, 0.05) is 5.56 Å². The summed E-state index contributed by atoms with van der Waals surface area (Å²) >= 11 is 0. The van der Waals surface area contributed by atoms with Crippen LogP contribution in [0.25, 0.3) is 33.8 Å². The molecule has 7 nitrogen and oxygen atoms in total. The smallest absolute Gasteiger partial charge is 0.203 e. The van der Waals surface area contributed by atoms with E-state index in [4.69, 9.17) is 14.2 Å². The molecular formula is C19H18N4O3. The second kappa shape index (κ2) is 6.44. The molecule has 2 aromatic heterocycles. The molecular weight excluding hydrogens is 332 g/mol. The molecule has 0 bridgehead atoms. The summed E-state index contributed by atoms with van der Waals surface area (Å²) in [5, 5.41) is 7.43. The van der Waals surface area contributed by atoms with Gasteiger partial charge < -0.3 is 19.2 Å². The fourth-order valence-electron chi connectivity index (χ4n) is 2.90. The van der Waals surface area contributed by atoms with Gasteiger partial charge in [-0.25, -0.2) is 4.98 Å². The van der Waals surface area contributed by atoms with E-state index in [-0.39, 0.29) is 0 Å². The lowest BCUT2D eigenvalue weighted by Gasteiger charge is -2.13. The zero-order valence-electron chi connectivity index (χ0n) is 14.7. The highest BCUT2D eigenvalue weighted by Crippen LogP contribution is 2.41. The molecule has 2 heterocycles. The van der Waals surface area contributed by atoms with Crippen molar-refractivity contribution in [2.24, 2.45) is 0 Å². The predicted molar refractivity (Wildman–Crippen MR) is 98.8 cm³/mol. The molecule has 4 rings (SSSR count). The molecule has 4 aromatic rings. The van der Waals surface area contributed by atoms with Gasteiger partial charge in [-0.05, 0) is 30.3 Å². The molecule has 0 aliphatic rings. The molecule has 0 saturated heterocycles. The molecule has 2 N–H and O–H groups in total. The number of methoxy groups -OCH3 is 3. The number of nitrogens with one attached hydrogen (secondary N) is 2. The van der Waals surface area contributed by atoms with Crippen molar-refractivity contribution in [3.8, 4) is 40.0 Å². The zero-order chi connectivity index (χ0) is 18.1. The summed E-state index contributed by atoms with van der Waals surface area (Å²) in [6.07, 6.45) is 0. The van der Waals surface area contributed by atoms with Crippen molar-refractivity contribution in [1.29, 1.82) is 0 Å². The maximum atomic E-state index is 5.41. The Labute approximate surface area is 149 Å². The van der Waals surface area contributed by atoms with Crippen LogP contribution in [0.3, 0.4) is 0 Å². The second-order valence-electron chi connectivity index (χ2n) is 5.68. The SMILES string of the molecule is COc1cc(-c2cc(-c3nc4ccccc4[nH]3)[nH]n2)cc(OC)c1OC. The van der Waals surface area contributed by atoms with Crippen molar-refractivity contribution in [3.63, 3.8) is 0 Å². The van der Waals surface area contributed by atoms with Gasteiger partial charge in [-0.2, -0.15) is 5.10 Å². The summed E-state index contributed by atoms with van der Waals surface area (Å²) in [7, 11) is 4.76. The van der Waals surface area contributed by atoms with E-state index in [1.165, 1.54) is 0 Å². The van der Waals surface area contributed by atoms with Crippen LogP contribution in [0.2, 0.25) is 0 Å². The molecule has 0 aliphatic carbocycles. The average molecular weight is 350 g/mol. The van der Waals surface area contributed by atoms with E-state index in [9.17, 15) is 0 Å². The molecule has 0 radical (unpaired) electrons. The molecule has 2 aromatic carbocycles. The van der Waals surface area contributed by atoms with Crippen LogP contribution >= 0.6 is 0 Å². The van der Waals surface area contributed by atoms with Crippen LogP contribution < -0.4 is 14.2 Å². The van der Waals surface area contributed by atoms with E-state index >= 15 is 0 Å². The van der Waals surface area contributed by atoms with Gasteiger partial charge in [0.15, 0.2) is 17.3 Å². The Morgan fingerprint density at radius 1 is 0.885 bits per heavy atom. The number of aromatic amines is 2. The summed E-state index contributed by atoms with van der Waals surface area (Å²) in [5.74, 6) is 2.44. The first-order valence-electron chi connectivity index (χ1n) is 8.04. The van der Waals surface area contributed by atoms with Gasteiger partial charge in [-0.3, -0.25) is 5.10 Å². The topological polar surface area (TPSA) is 85.1 Å². The average Bonchev–Trinajstić information content (AvgIpc) is 3.33. The highest BCUT2D eigenvalue weighted by molar-refractivity contribution is 5.79. The Balaban J connectivity index is 1.76. The number of aromatic nitrogens is 4. The van der Waals surface area contributed by atoms with Crippen LogP contribution in [0.15, 0.2) is 42.5 Å². The molecule has 0 amide bonds. The molecule has 0 fully saturated rings. The van der Waals surface area contributed by atoms with Crippen LogP contribution in [0.1, 0.15) is 0 Å². The van der Waals surface area contributed by atoms with Gasteiger partial charge in [0.25, 0.3) is 0 Å². The number of ether oxygens (including phenoxy) is 3. The van der Waals surface area contributed by atoms with Crippen molar-refractivity contribution in [2.75, 3.05) is 21.3 Å². The van der Waals surface area contributed by atoms with Crippen molar-refractivity contribution in [1.82, 2.24) is 20.2 Å². The lowest BCUT2D eigenvalue weighted by Crippen LogP contribution is -1.95. The number of H-pyrrole nitrogens is 2. The molecule has 7 heteroatoms. The van der Waals surface area contributed by atoms with E-state index in [1.807, 2.05) is 42.5 Å². The molecule has 0 unspecified atom stereocenters. The summed E-state index contributed by atoms with van der Waals surface area (Å²) in [5.41, 5.74) is 4.28. The fraction of sp³-hybridized carbons (Fsp3) is 0.158. The normalized spacial score (nSPS) is 10.9. The first-order chi connectivity index (χ1) is 12.7. The second-order valence-corrected chi connectivity index (χ2v) is 5.68. The van der Waals surface area contributed by atoms with E-state index in [0.29, 0.717) is 17.2 Å². The Bertz CT molecular complexity index is 1010. The first kappa shape index (κ1) is 16.0. The number of rotatable bonds is 5. The molecule has 0 aliphatic heterocycles. The van der Waals surface area contributed by atoms with Gasteiger partial charge >= 0.3 is 0 Å². The molecule has 26 heavy (non-hydrogen) atoms. The third kappa shape index (κ3) is 2.63. The summed E-state index contributed by atoms with van der Waals surface area (Å²) in [6, 6.07) is 13.5. The summed E-state index contributed by atoms with van der Waals surface area (Å²) in [4.78, 5) is 7.88. The highest BCUT2D eigenvalue weighted by atomic mass is 16.5. The predicted octanol–water partition coefficient (Wildman–Crippen LogP) is 3.65. The van der Waals surface area contributed by atoms with Gasteiger partial charge in [-0.15, -0.1) is 0 Å². The first-order valence-corrected chi connectivity index (χ1v) is 8.04. The number of hydrogen-bond donors (Lipinski definition) is 2. The van der Waals surface area contributed by atoms with E-state index in [1.54, 1.807) is 21.3 Å². The largest absolute Gasteiger partial charge is 0.493 e. The Hall–Kier alpha value is -3.48. The Kier molecular flexibility index (Phi) is 3.96. The molecule has 0 atom stereocenters. The minimum absolute atomic E-state index is 0.548. The molecule has 132 valence electrons. The lowest BCUT2D eigenvalue weighted by molar-refractivity contribution is 0.324. The van der Waals surface area contributed by atoms with E-state index in [2.05, 4.69) is 20.2 Å². The van der Waals surface area contributed by atoms with E-state index in [0.717, 1.165) is 33.8 Å². The highest BCUT2D eigenvalue weighted by Gasteiger charge is 2.16. The zero-order valence-corrected chi connectivity index (χ0v) is 14.7. The summed E-state index contributed by atoms with van der Waals surface area (Å²) in [6.45, 7) is 0. The van der Waals surface area contributed by atoms with Crippen molar-refractivity contribution in [2.45, 2.75) is 0 Å². The Morgan fingerprint density at radius 3 is 2.27 bits per heavy atom. The third-order valence-corrected chi connectivity index (χ3v) is 4.18. The van der Waals surface area contributed by atoms with Crippen LogP contribution in [0.4, 0.5) is 0 Å². The quantitative estimate of drug-likeness (QED) is 0.574. The standard InChI is InChI=1S/C19H18N4O3/c1-24-16-8-11(9-17(25-2)18(16)26-3)14-10-15(23-22-14)19-20-12-6-4-5-7-13(12)21-19/h4-10H,1-3H3,(H,20,21)(H,22,23). The molecule has 0 saturated carbocycles. The minimum Gasteiger partial charge on any atom is -0.493 e. The number of para-hydroxylation sites is 2. The lowest BCUT2D eigenvalue weighted by atomic mass is 10.1. The van der Waals surface area contributed by atoms with Crippen LogP contribution in [-0.2, 0) is 0 Å². The maximum Gasteiger partial charge on any atom is 0.203 e. The maximum absolute atomic E-state index is 5.41. The van der Waals surface area contributed by atoms with Crippen molar-refractivity contribution < 1.29 is 14.2 Å². The number of benzene rings is 2. The monoisotopic (exact) mass is 350 g/mol. The van der Waals surface area contributed by atoms with E-state index < -0.39 is 0 Å². The van der Waals surface area contributed by atoms with Crippen LogP contribution in [0, 0.1) is 0 Å². The van der Waals surface area contributed by atoms with Gasteiger partial charge in [0.2, 0.25) is 5.75 Å². The van der Waals surface area contributed by atoms with Crippen molar-refractivity contribution in [3.05, 3.63) is 42.5 Å². The van der Waals surface area contributed by atoms with Gasteiger partial charge in [0.05, 0.1) is 38.1 Å². The van der Waals surface area contributed by atoms with Gasteiger partial charge in [0.1, 0.15) is 5.69 Å². The number of imidazole rings is 1. The van der Waals surface area contributed by atoms with Crippen molar-refractivity contribution >= 4 is 11.0 Å². The minimum atomic E-state index is 0.548. The Morgan fingerprint density at radius 2 is 1.62 bits per heavy atom. The van der Waals surface area contributed by atoms with Gasteiger partial charge in [-0.1, -0.05) is 12.1 Å². The van der Waals surface area contributed by atoms with Crippen LogP contribution in [-0.4, -0.2) is 41.5 Å². The number of nitrogens with zero attached hydrogens (tertiary/aromatic N) is 2. The molecule has 0 spiro atoms.